The van der Waals surface area contributed by atoms with Gasteiger partial charge >= 0.3 is 6.36 Å². The maximum atomic E-state index is 12.0. The summed E-state index contributed by atoms with van der Waals surface area (Å²) in [6, 6.07) is 5.91. The normalized spacial score (nSPS) is 13.1. The second-order valence-corrected chi connectivity index (χ2v) is 3.45. The summed E-state index contributed by atoms with van der Waals surface area (Å²) in [4.78, 5) is 0. The molecule has 92 valence electrons. The van der Waals surface area contributed by atoms with E-state index >= 15 is 0 Å². The Kier molecular flexibility index (Phi) is 4.37. The van der Waals surface area contributed by atoms with Crippen molar-refractivity contribution in [2.45, 2.75) is 20.2 Å². The van der Waals surface area contributed by atoms with Crippen LogP contribution in [-0.4, -0.2) is 6.36 Å². The topological polar surface area (TPSA) is 9.23 Å². The van der Waals surface area contributed by atoms with E-state index in [2.05, 4.69) is 4.74 Å². The van der Waals surface area contributed by atoms with Gasteiger partial charge in [0, 0.05) is 0 Å². The van der Waals surface area contributed by atoms with Gasteiger partial charge in [-0.3, -0.25) is 0 Å². The summed E-state index contributed by atoms with van der Waals surface area (Å²) < 4.78 is 39.9. The van der Waals surface area contributed by atoms with Crippen LogP contribution in [0.1, 0.15) is 19.4 Å². The van der Waals surface area contributed by atoms with E-state index in [0.29, 0.717) is 5.56 Å². The summed E-state index contributed by atoms with van der Waals surface area (Å²) in [5.74, 6) is -0.205. The van der Waals surface area contributed by atoms with Crippen molar-refractivity contribution in [1.82, 2.24) is 0 Å². The average Bonchev–Trinajstić information content (AvgIpc) is 2.24. The monoisotopic (exact) mass is 242 g/mol. The Morgan fingerprint density at radius 2 is 2.00 bits per heavy atom. The van der Waals surface area contributed by atoms with Gasteiger partial charge < -0.3 is 4.74 Å². The molecule has 0 bridgehead atoms. The molecule has 0 radical (unpaired) electrons. The fourth-order valence-electron chi connectivity index (χ4n) is 1.28. The maximum absolute atomic E-state index is 12.0. The minimum atomic E-state index is -4.65. The van der Waals surface area contributed by atoms with Crippen LogP contribution in [0.2, 0.25) is 0 Å². The first kappa shape index (κ1) is 13.4. The third kappa shape index (κ3) is 4.76. The van der Waals surface area contributed by atoms with E-state index in [4.69, 9.17) is 0 Å². The molecule has 0 aromatic heterocycles. The first-order chi connectivity index (χ1) is 7.92. The number of halogens is 3. The van der Waals surface area contributed by atoms with Gasteiger partial charge in [0.05, 0.1) is 0 Å². The summed E-state index contributed by atoms with van der Waals surface area (Å²) in [5, 5.41) is 0. The quantitative estimate of drug-likeness (QED) is 0.706. The van der Waals surface area contributed by atoms with Crippen molar-refractivity contribution < 1.29 is 17.9 Å². The summed E-state index contributed by atoms with van der Waals surface area (Å²) in [6.07, 6.45) is 0.846. The highest BCUT2D eigenvalue weighted by Gasteiger charge is 2.31. The molecule has 0 saturated heterocycles. The standard InChI is InChI=1S/C13H13F3O/c1-3-4-6-10(2)11-7-5-8-12(9-11)17-13(14,15)16/h3-9H,1-2H3/b4-3-,10-6+. The molecule has 0 heterocycles. The smallest absolute Gasteiger partial charge is 0.406 e. The Balaban J connectivity index is 2.93. The van der Waals surface area contributed by atoms with Gasteiger partial charge in [0.15, 0.2) is 0 Å². The molecule has 1 aromatic carbocycles. The van der Waals surface area contributed by atoms with Crippen LogP contribution in [0.25, 0.3) is 5.57 Å². The van der Waals surface area contributed by atoms with E-state index in [0.717, 1.165) is 5.57 Å². The van der Waals surface area contributed by atoms with Crippen LogP contribution in [0.3, 0.4) is 0 Å². The first-order valence-corrected chi connectivity index (χ1v) is 5.08. The van der Waals surface area contributed by atoms with E-state index in [9.17, 15) is 13.2 Å². The molecule has 0 aliphatic carbocycles. The van der Waals surface area contributed by atoms with Crippen molar-refractivity contribution >= 4 is 5.57 Å². The molecular weight excluding hydrogens is 229 g/mol. The molecule has 0 atom stereocenters. The number of rotatable bonds is 3. The Labute approximate surface area is 98.2 Å². The van der Waals surface area contributed by atoms with Gasteiger partial charge in [-0.25, -0.2) is 0 Å². The van der Waals surface area contributed by atoms with E-state index in [1.165, 1.54) is 18.2 Å². The molecule has 0 amide bonds. The molecule has 0 unspecified atom stereocenters. The zero-order valence-electron chi connectivity index (χ0n) is 9.58. The molecular formula is C13H13F3O. The lowest BCUT2D eigenvalue weighted by Crippen LogP contribution is -2.17. The predicted octanol–water partition coefficient (Wildman–Crippen LogP) is 4.56. The van der Waals surface area contributed by atoms with Crippen LogP contribution in [0.4, 0.5) is 13.2 Å². The van der Waals surface area contributed by atoms with Gasteiger partial charge in [-0.05, 0) is 37.1 Å². The van der Waals surface area contributed by atoms with Crippen molar-refractivity contribution in [3.63, 3.8) is 0 Å². The third-order valence-electron chi connectivity index (χ3n) is 2.06. The molecule has 1 nitrogen and oxygen atoms in total. The van der Waals surface area contributed by atoms with Crippen molar-refractivity contribution in [2.75, 3.05) is 0 Å². The fraction of sp³-hybridized carbons (Fsp3) is 0.231. The van der Waals surface area contributed by atoms with Crippen LogP contribution < -0.4 is 4.74 Å². The predicted molar refractivity (Wildman–Crippen MR) is 61.6 cm³/mol. The van der Waals surface area contributed by atoms with Gasteiger partial charge in [-0.2, -0.15) is 0 Å². The van der Waals surface area contributed by atoms with Gasteiger partial charge in [0.25, 0.3) is 0 Å². The van der Waals surface area contributed by atoms with E-state index in [-0.39, 0.29) is 5.75 Å². The average molecular weight is 242 g/mol. The second-order valence-electron chi connectivity index (χ2n) is 3.45. The highest BCUT2D eigenvalue weighted by molar-refractivity contribution is 5.66. The second kappa shape index (κ2) is 5.57. The van der Waals surface area contributed by atoms with Gasteiger partial charge in [-0.15, -0.1) is 13.2 Å². The van der Waals surface area contributed by atoms with Crippen LogP contribution >= 0.6 is 0 Å². The van der Waals surface area contributed by atoms with Crippen LogP contribution in [-0.2, 0) is 0 Å². The van der Waals surface area contributed by atoms with Crippen molar-refractivity contribution in [3.8, 4) is 5.75 Å². The van der Waals surface area contributed by atoms with Gasteiger partial charge in [0.2, 0.25) is 0 Å². The lowest BCUT2D eigenvalue weighted by atomic mass is 10.1. The lowest BCUT2D eigenvalue weighted by Gasteiger charge is -2.10. The third-order valence-corrected chi connectivity index (χ3v) is 2.06. The highest BCUT2D eigenvalue weighted by atomic mass is 19.4. The van der Waals surface area contributed by atoms with Crippen LogP contribution in [0.15, 0.2) is 42.5 Å². The largest absolute Gasteiger partial charge is 0.573 e. The lowest BCUT2D eigenvalue weighted by molar-refractivity contribution is -0.274. The first-order valence-electron chi connectivity index (χ1n) is 5.08. The van der Waals surface area contributed by atoms with Crippen LogP contribution in [0, 0.1) is 0 Å². The van der Waals surface area contributed by atoms with Gasteiger partial charge in [-0.1, -0.05) is 30.4 Å². The van der Waals surface area contributed by atoms with Gasteiger partial charge in [0.1, 0.15) is 5.75 Å². The molecule has 0 aliphatic rings. The number of ether oxygens (including phenoxy) is 1. The zero-order chi connectivity index (χ0) is 12.9. The molecule has 0 N–H and O–H groups in total. The van der Waals surface area contributed by atoms with Crippen molar-refractivity contribution in [3.05, 3.63) is 48.1 Å². The molecule has 17 heavy (non-hydrogen) atoms. The Bertz CT molecular complexity index is 431. The number of benzene rings is 1. The number of hydrogen-bond donors (Lipinski definition) is 0. The molecule has 4 heteroatoms. The van der Waals surface area contributed by atoms with E-state index < -0.39 is 6.36 Å². The number of alkyl halides is 3. The number of hydrogen-bond acceptors (Lipinski definition) is 1. The van der Waals surface area contributed by atoms with E-state index in [1.54, 1.807) is 6.07 Å². The molecule has 0 spiro atoms. The Morgan fingerprint density at radius 1 is 1.29 bits per heavy atom. The van der Waals surface area contributed by atoms with E-state index in [1.807, 2.05) is 32.1 Å². The van der Waals surface area contributed by atoms with Crippen molar-refractivity contribution in [1.29, 1.82) is 0 Å². The molecule has 0 aliphatic heterocycles. The molecule has 1 rings (SSSR count). The summed E-state index contributed by atoms with van der Waals surface area (Å²) in [7, 11) is 0. The summed E-state index contributed by atoms with van der Waals surface area (Å²) in [5.41, 5.74) is 1.57. The van der Waals surface area contributed by atoms with Crippen molar-refractivity contribution in [2.24, 2.45) is 0 Å². The number of allylic oxidation sites excluding steroid dienone is 4. The minimum Gasteiger partial charge on any atom is -0.406 e. The summed E-state index contributed by atoms with van der Waals surface area (Å²) in [6.45, 7) is 3.69. The SMILES string of the molecule is C/C=C\C=C(/C)c1cccc(OC(F)(F)F)c1. The summed E-state index contributed by atoms with van der Waals surface area (Å²) >= 11 is 0. The fourth-order valence-corrected chi connectivity index (χ4v) is 1.28. The zero-order valence-corrected chi connectivity index (χ0v) is 9.58. The molecule has 1 aromatic rings. The minimum absolute atomic E-state index is 0.205. The molecule has 0 fully saturated rings. The molecule has 0 saturated carbocycles. The Morgan fingerprint density at radius 3 is 2.59 bits per heavy atom. The maximum Gasteiger partial charge on any atom is 0.573 e. The Hall–Kier alpha value is -1.71. The highest BCUT2D eigenvalue weighted by Crippen LogP contribution is 2.25. The van der Waals surface area contributed by atoms with Crippen LogP contribution in [0.5, 0.6) is 5.75 Å².